The Morgan fingerprint density at radius 1 is 1.41 bits per heavy atom. The zero-order chi connectivity index (χ0) is 12.3. The predicted molar refractivity (Wildman–Crippen MR) is 71.1 cm³/mol. The van der Waals surface area contributed by atoms with E-state index in [4.69, 9.17) is 0 Å². The maximum Gasteiger partial charge on any atom is 0.0627 e. The molecule has 96 valence electrons. The first-order valence-electron chi connectivity index (χ1n) is 6.92. The van der Waals surface area contributed by atoms with Crippen molar-refractivity contribution in [3.8, 4) is 0 Å². The van der Waals surface area contributed by atoms with Crippen LogP contribution in [-0.2, 0) is 6.42 Å². The van der Waals surface area contributed by atoms with Gasteiger partial charge in [-0.1, -0.05) is 6.92 Å². The lowest BCUT2D eigenvalue weighted by atomic mass is 10.0. The quantitative estimate of drug-likeness (QED) is 0.787. The molecule has 0 aliphatic heterocycles. The van der Waals surface area contributed by atoms with Gasteiger partial charge >= 0.3 is 0 Å². The molecular weight excluding hydrogens is 210 g/mol. The summed E-state index contributed by atoms with van der Waals surface area (Å²) in [7, 11) is 0. The average Bonchev–Trinajstić information content (AvgIpc) is 2.96. The van der Waals surface area contributed by atoms with E-state index in [0.29, 0.717) is 6.04 Å². The average molecular weight is 235 g/mol. The van der Waals surface area contributed by atoms with Crippen molar-refractivity contribution in [2.45, 2.75) is 58.5 Å². The van der Waals surface area contributed by atoms with Gasteiger partial charge in [0.15, 0.2) is 0 Å². The van der Waals surface area contributed by atoms with Crippen molar-refractivity contribution in [3.05, 3.63) is 18.0 Å². The number of rotatable bonds is 7. The smallest absolute Gasteiger partial charge is 0.0627 e. The Hall–Kier alpha value is -0.830. The molecule has 3 nitrogen and oxygen atoms in total. The third kappa shape index (κ3) is 4.15. The number of aromatic nitrogens is 2. The second-order valence-electron chi connectivity index (χ2n) is 5.71. The SMILES string of the molecule is CC(CCNC1CC1)Cc1ccn(C(C)C)n1. The molecule has 1 aromatic heterocycles. The molecular formula is C14H25N3. The molecule has 1 aromatic rings. The second kappa shape index (κ2) is 5.67. The maximum absolute atomic E-state index is 4.60. The Bertz CT molecular complexity index is 339. The lowest BCUT2D eigenvalue weighted by Crippen LogP contribution is -2.20. The van der Waals surface area contributed by atoms with Crippen LogP contribution in [-0.4, -0.2) is 22.4 Å². The van der Waals surface area contributed by atoms with Crippen LogP contribution in [0.25, 0.3) is 0 Å². The highest BCUT2D eigenvalue weighted by atomic mass is 15.3. The van der Waals surface area contributed by atoms with Crippen LogP contribution >= 0.6 is 0 Å². The number of hydrogen-bond acceptors (Lipinski definition) is 2. The first kappa shape index (κ1) is 12.6. The van der Waals surface area contributed by atoms with E-state index in [1.165, 1.54) is 25.0 Å². The highest BCUT2D eigenvalue weighted by molar-refractivity contribution is 5.00. The van der Waals surface area contributed by atoms with Gasteiger partial charge in [-0.05, 0) is 58.1 Å². The van der Waals surface area contributed by atoms with Gasteiger partial charge in [-0.15, -0.1) is 0 Å². The molecule has 1 saturated carbocycles. The minimum atomic E-state index is 0.468. The molecule has 0 radical (unpaired) electrons. The lowest BCUT2D eigenvalue weighted by molar-refractivity contribution is 0.479. The van der Waals surface area contributed by atoms with Gasteiger partial charge < -0.3 is 5.32 Å². The van der Waals surface area contributed by atoms with Gasteiger partial charge in [-0.3, -0.25) is 4.68 Å². The summed E-state index contributed by atoms with van der Waals surface area (Å²) in [6.07, 6.45) is 7.21. The molecule has 3 heteroatoms. The van der Waals surface area contributed by atoms with E-state index in [0.717, 1.165) is 24.9 Å². The summed E-state index contributed by atoms with van der Waals surface area (Å²) in [5.41, 5.74) is 1.23. The van der Waals surface area contributed by atoms with Gasteiger partial charge in [-0.25, -0.2) is 0 Å². The van der Waals surface area contributed by atoms with Gasteiger partial charge in [0.1, 0.15) is 0 Å². The Balaban J connectivity index is 1.70. The molecule has 17 heavy (non-hydrogen) atoms. The van der Waals surface area contributed by atoms with E-state index < -0.39 is 0 Å². The normalized spacial score (nSPS) is 17.6. The van der Waals surface area contributed by atoms with Crippen LogP contribution in [0.1, 0.15) is 51.8 Å². The number of nitrogens with zero attached hydrogens (tertiary/aromatic N) is 2. The molecule has 1 unspecified atom stereocenters. The van der Waals surface area contributed by atoms with Crippen LogP contribution in [0.2, 0.25) is 0 Å². The fourth-order valence-corrected chi connectivity index (χ4v) is 2.05. The summed E-state index contributed by atoms with van der Waals surface area (Å²) in [6.45, 7) is 7.82. The summed E-state index contributed by atoms with van der Waals surface area (Å²) < 4.78 is 2.05. The van der Waals surface area contributed by atoms with E-state index in [1.54, 1.807) is 0 Å². The van der Waals surface area contributed by atoms with Gasteiger partial charge in [0.2, 0.25) is 0 Å². The number of nitrogens with one attached hydrogen (secondary N) is 1. The van der Waals surface area contributed by atoms with Crippen molar-refractivity contribution < 1.29 is 0 Å². The maximum atomic E-state index is 4.60. The minimum absolute atomic E-state index is 0.468. The van der Waals surface area contributed by atoms with E-state index >= 15 is 0 Å². The molecule has 1 atom stereocenters. The Labute approximate surface area is 105 Å². The zero-order valence-electron chi connectivity index (χ0n) is 11.3. The first-order valence-corrected chi connectivity index (χ1v) is 6.92. The molecule has 1 fully saturated rings. The molecule has 1 aliphatic carbocycles. The molecule has 0 bridgehead atoms. The zero-order valence-corrected chi connectivity index (χ0v) is 11.3. The third-order valence-corrected chi connectivity index (χ3v) is 3.40. The standard InChI is InChI=1S/C14H25N3/c1-11(2)17-9-7-14(16-17)10-12(3)6-8-15-13-4-5-13/h7,9,11-13,15H,4-6,8,10H2,1-3H3. The van der Waals surface area contributed by atoms with Crippen molar-refractivity contribution in [2.75, 3.05) is 6.54 Å². The summed E-state index contributed by atoms with van der Waals surface area (Å²) in [5, 5.41) is 8.17. The van der Waals surface area contributed by atoms with E-state index in [9.17, 15) is 0 Å². The second-order valence-corrected chi connectivity index (χ2v) is 5.71. The van der Waals surface area contributed by atoms with Crippen LogP contribution in [0.5, 0.6) is 0 Å². The fourth-order valence-electron chi connectivity index (χ4n) is 2.05. The predicted octanol–water partition coefficient (Wildman–Crippen LogP) is 2.78. The van der Waals surface area contributed by atoms with Crippen molar-refractivity contribution >= 4 is 0 Å². The molecule has 0 spiro atoms. The highest BCUT2D eigenvalue weighted by Gasteiger charge is 2.20. The molecule has 0 saturated heterocycles. The van der Waals surface area contributed by atoms with E-state index in [2.05, 4.69) is 43.4 Å². The van der Waals surface area contributed by atoms with Gasteiger partial charge in [0.05, 0.1) is 5.69 Å². The summed E-state index contributed by atoms with van der Waals surface area (Å²) in [4.78, 5) is 0. The molecule has 1 N–H and O–H groups in total. The van der Waals surface area contributed by atoms with Crippen LogP contribution in [0.3, 0.4) is 0 Å². The Morgan fingerprint density at radius 2 is 2.18 bits per heavy atom. The highest BCUT2D eigenvalue weighted by Crippen LogP contribution is 2.19. The van der Waals surface area contributed by atoms with Crippen LogP contribution in [0, 0.1) is 5.92 Å². The molecule has 1 aliphatic rings. The topological polar surface area (TPSA) is 29.9 Å². The van der Waals surface area contributed by atoms with Gasteiger partial charge in [-0.2, -0.15) is 5.10 Å². The molecule has 0 amide bonds. The fraction of sp³-hybridized carbons (Fsp3) is 0.786. The largest absolute Gasteiger partial charge is 0.314 e. The molecule has 2 rings (SSSR count). The molecule has 0 aromatic carbocycles. The Morgan fingerprint density at radius 3 is 2.76 bits per heavy atom. The van der Waals surface area contributed by atoms with Crippen molar-refractivity contribution in [2.24, 2.45) is 5.92 Å². The Kier molecular flexibility index (Phi) is 4.21. The van der Waals surface area contributed by atoms with Gasteiger partial charge in [0.25, 0.3) is 0 Å². The summed E-state index contributed by atoms with van der Waals surface area (Å²) >= 11 is 0. The monoisotopic (exact) mass is 235 g/mol. The van der Waals surface area contributed by atoms with Crippen LogP contribution in [0.15, 0.2) is 12.3 Å². The van der Waals surface area contributed by atoms with Crippen molar-refractivity contribution in [1.82, 2.24) is 15.1 Å². The van der Waals surface area contributed by atoms with Crippen molar-refractivity contribution in [3.63, 3.8) is 0 Å². The van der Waals surface area contributed by atoms with E-state index in [1.807, 2.05) is 4.68 Å². The van der Waals surface area contributed by atoms with Gasteiger partial charge in [0, 0.05) is 18.3 Å². The summed E-state index contributed by atoms with van der Waals surface area (Å²) in [6, 6.07) is 3.46. The third-order valence-electron chi connectivity index (χ3n) is 3.40. The van der Waals surface area contributed by atoms with E-state index in [-0.39, 0.29) is 0 Å². The number of hydrogen-bond donors (Lipinski definition) is 1. The first-order chi connectivity index (χ1) is 8.15. The summed E-state index contributed by atoms with van der Waals surface area (Å²) in [5.74, 6) is 0.719. The van der Waals surface area contributed by atoms with Crippen molar-refractivity contribution in [1.29, 1.82) is 0 Å². The van der Waals surface area contributed by atoms with Crippen LogP contribution in [0.4, 0.5) is 0 Å². The molecule has 1 heterocycles. The lowest BCUT2D eigenvalue weighted by Gasteiger charge is -2.10. The van der Waals surface area contributed by atoms with Crippen LogP contribution < -0.4 is 5.32 Å². The minimum Gasteiger partial charge on any atom is -0.314 e.